The first kappa shape index (κ1) is 27.3. The summed E-state index contributed by atoms with van der Waals surface area (Å²) >= 11 is 0. The third-order valence-electron chi connectivity index (χ3n) is 10.6. The monoisotopic (exact) mass is 634 g/mol. The molecule has 0 aliphatic rings. The Hall–Kier alpha value is -6.64. The first-order valence-electron chi connectivity index (χ1n) is 17.3. The Morgan fingerprint density at radius 3 is 1.08 bits per heavy atom. The molecule has 0 amide bonds. The van der Waals surface area contributed by atoms with Crippen molar-refractivity contribution < 1.29 is 0 Å². The Bertz CT molecular complexity index is 2950. The lowest BCUT2D eigenvalue weighted by atomic mass is 9.95. The number of nitrogens with zero attached hydrogens (tertiary/aromatic N) is 2. The lowest BCUT2D eigenvalue weighted by Gasteiger charge is -2.11. The summed E-state index contributed by atoms with van der Waals surface area (Å²) in [6, 6.07) is 66.7. The summed E-state index contributed by atoms with van der Waals surface area (Å²) < 4.78 is 4.91. The van der Waals surface area contributed by atoms with Crippen molar-refractivity contribution in [2.45, 2.75) is 0 Å². The van der Waals surface area contributed by atoms with Gasteiger partial charge >= 0.3 is 0 Å². The van der Waals surface area contributed by atoms with Crippen LogP contribution in [-0.4, -0.2) is 9.13 Å². The molecule has 9 aromatic carbocycles. The summed E-state index contributed by atoms with van der Waals surface area (Å²) in [6.45, 7) is 0. The zero-order chi connectivity index (χ0) is 32.8. The van der Waals surface area contributed by atoms with Crippen LogP contribution in [-0.2, 0) is 0 Å². The summed E-state index contributed by atoms with van der Waals surface area (Å²) in [6.07, 6.45) is 0. The van der Waals surface area contributed by atoms with Crippen molar-refractivity contribution in [3.63, 3.8) is 0 Å². The average molecular weight is 635 g/mol. The van der Waals surface area contributed by atoms with Gasteiger partial charge in [0.15, 0.2) is 0 Å². The fourth-order valence-electron chi connectivity index (χ4n) is 8.58. The van der Waals surface area contributed by atoms with Gasteiger partial charge in [0.05, 0.1) is 22.1 Å². The van der Waals surface area contributed by atoms with Crippen molar-refractivity contribution >= 4 is 65.2 Å². The normalized spacial score (nSPS) is 12.0. The molecule has 50 heavy (non-hydrogen) atoms. The molecular weight excluding hydrogens is 605 g/mol. The number of hydrogen-bond acceptors (Lipinski definition) is 0. The third kappa shape index (κ3) is 3.79. The number of hydrogen-bond donors (Lipinski definition) is 0. The van der Waals surface area contributed by atoms with Crippen molar-refractivity contribution in [1.82, 2.24) is 9.13 Å². The fourth-order valence-corrected chi connectivity index (χ4v) is 8.58. The molecule has 0 unspecified atom stereocenters. The highest BCUT2D eigenvalue weighted by Gasteiger charge is 2.22. The molecule has 0 atom stereocenters. The second-order valence-corrected chi connectivity index (χ2v) is 13.3. The average Bonchev–Trinajstić information content (AvgIpc) is 3.72. The van der Waals surface area contributed by atoms with Crippen molar-refractivity contribution in [3.05, 3.63) is 182 Å². The molecule has 11 rings (SSSR count). The van der Waals surface area contributed by atoms with Crippen molar-refractivity contribution in [3.8, 4) is 33.6 Å². The maximum atomic E-state index is 2.47. The highest BCUT2D eigenvalue weighted by Crippen LogP contribution is 2.46. The number of aromatic nitrogens is 2. The maximum Gasteiger partial charge on any atom is 0.0547 e. The zero-order valence-electron chi connectivity index (χ0n) is 27.2. The molecule has 2 heteroatoms. The predicted molar refractivity (Wildman–Crippen MR) is 212 cm³/mol. The first-order chi connectivity index (χ1) is 24.8. The molecule has 0 saturated carbocycles. The molecule has 0 aliphatic heterocycles. The van der Waals surface area contributed by atoms with Crippen LogP contribution in [0.1, 0.15) is 0 Å². The van der Waals surface area contributed by atoms with Gasteiger partial charge in [-0.15, -0.1) is 0 Å². The SMILES string of the molecule is c1ccc(-c2cccc(-c3cccc(-n4c5cccc6c7cccc8c7c7c(cccc7n8-c7ccccc7)c7cccc4c7c65)c3)c2)cc1. The van der Waals surface area contributed by atoms with Gasteiger partial charge in [0, 0.05) is 32.9 Å². The van der Waals surface area contributed by atoms with Gasteiger partial charge in [0.2, 0.25) is 0 Å². The van der Waals surface area contributed by atoms with E-state index in [2.05, 4.69) is 191 Å². The van der Waals surface area contributed by atoms with Gasteiger partial charge in [0.25, 0.3) is 0 Å². The van der Waals surface area contributed by atoms with Gasteiger partial charge in [-0.3, -0.25) is 0 Å². The van der Waals surface area contributed by atoms with Gasteiger partial charge in [0.1, 0.15) is 0 Å². The van der Waals surface area contributed by atoms with Gasteiger partial charge in [-0.1, -0.05) is 127 Å². The summed E-state index contributed by atoms with van der Waals surface area (Å²) in [5.41, 5.74) is 12.1. The Labute approximate surface area is 289 Å². The van der Waals surface area contributed by atoms with Crippen LogP contribution in [0, 0.1) is 0 Å². The molecule has 0 aliphatic carbocycles. The van der Waals surface area contributed by atoms with E-state index in [-0.39, 0.29) is 0 Å². The van der Waals surface area contributed by atoms with E-state index in [4.69, 9.17) is 0 Å². The van der Waals surface area contributed by atoms with E-state index in [0.29, 0.717) is 0 Å². The number of benzene rings is 8. The van der Waals surface area contributed by atoms with Crippen molar-refractivity contribution in [1.29, 1.82) is 0 Å². The van der Waals surface area contributed by atoms with Gasteiger partial charge in [-0.05, 0) is 98.4 Å². The minimum absolute atomic E-state index is 1.16. The maximum absolute atomic E-state index is 2.47. The lowest BCUT2D eigenvalue weighted by Crippen LogP contribution is -1.94. The van der Waals surface area contributed by atoms with Crippen LogP contribution in [0.3, 0.4) is 0 Å². The molecule has 2 heterocycles. The largest absolute Gasteiger partial charge is 0.309 e. The molecule has 2 aromatic heterocycles. The van der Waals surface area contributed by atoms with E-state index in [1.165, 1.54) is 93.1 Å². The van der Waals surface area contributed by atoms with Crippen LogP contribution in [0.25, 0.3) is 98.8 Å². The standard InChI is InChI=1S/C48H30N2/c1-3-13-31(14-4-1)32-15-7-16-33(29-32)34-17-8-20-36(30-34)50-43-27-11-23-39-37-21-9-25-41-45(37)46-38(40-24-12-28-44(50)48(40)47(39)43)22-10-26-42(46)49(41)35-18-5-2-6-19-35/h1-30H. The smallest absolute Gasteiger partial charge is 0.0547 e. The third-order valence-corrected chi connectivity index (χ3v) is 10.6. The van der Waals surface area contributed by atoms with Crippen molar-refractivity contribution in [2.24, 2.45) is 0 Å². The van der Waals surface area contributed by atoms with Crippen LogP contribution < -0.4 is 0 Å². The van der Waals surface area contributed by atoms with Gasteiger partial charge < -0.3 is 9.13 Å². The molecule has 0 saturated heterocycles. The Morgan fingerprint density at radius 2 is 0.580 bits per heavy atom. The van der Waals surface area contributed by atoms with E-state index < -0.39 is 0 Å². The summed E-state index contributed by atoms with van der Waals surface area (Å²) in [5.74, 6) is 0. The fraction of sp³-hybridized carbons (Fsp3) is 0. The summed E-state index contributed by atoms with van der Waals surface area (Å²) in [5, 5.41) is 10.3. The van der Waals surface area contributed by atoms with E-state index >= 15 is 0 Å². The second kappa shape index (κ2) is 10.4. The van der Waals surface area contributed by atoms with Crippen LogP contribution >= 0.6 is 0 Å². The van der Waals surface area contributed by atoms with E-state index in [1.807, 2.05) is 0 Å². The second-order valence-electron chi connectivity index (χ2n) is 13.3. The van der Waals surface area contributed by atoms with Crippen molar-refractivity contribution in [2.75, 3.05) is 0 Å². The topological polar surface area (TPSA) is 9.86 Å². The van der Waals surface area contributed by atoms with E-state index in [9.17, 15) is 0 Å². The number of para-hydroxylation sites is 1. The van der Waals surface area contributed by atoms with Gasteiger partial charge in [-0.25, -0.2) is 0 Å². The molecule has 0 bridgehead atoms. The summed E-state index contributed by atoms with van der Waals surface area (Å²) in [7, 11) is 0. The quantitative estimate of drug-likeness (QED) is 0.182. The van der Waals surface area contributed by atoms with Crippen LogP contribution in [0.15, 0.2) is 182 Å². The highest BCUT2D eigenvalue weighted by atomic mass is 15.0. The molecular formula is C48H30N2. The Balaban J connectivity index is 1.24. The van der Waals surface area contributed by atoms with Crippen LogP contribution in [0.5, 0.6) is 0 Å². The Kier molecular flexibility index (Phi) is 5.70. The molecule has 2 nitrogen and oxygen atoms in total. The van der Waals surface area contributed by atoms with E-state index in [0.717, 1.165) is 5.69 Å². The molecule has 0 radical (unpaired) electrons. The zero-order valence-corrected chi connectivity index (χ0v) is 27.2. The molecule has 0 N–H and O–H groups in total. The predicted octanol–water partition coefficient (Wildman–Crippen LogP) is 13.0. The minimum atomic E-state index is 1.16. The van der Waals surface area contributed by atoms with Crippen LogP contribution in [0.2, 0.25) is 0 Å². The van der Waals surface area contributed by atoms with Crippen LogP contribution in [0.4, 0.5) is 0 Å². The minimum Gasteiger partial charge on any atom is -0.309 e. The molecule has 0 fully saturated rings. The molecule has 11 aromatic rings. The molecule has 0 spiro atoms. The summed E-state index contributed by atoms with van der Waals surface area (Å²) in [4.78, 5) is 0. The van der Waals surface area contributed by atoms with Gasteiger partial charge in [-0.2, -0.15) is 0 Å². The number of fused-ring (bicyclic) bond motifs is 2. The molecule has 232 valence electrons. The highest BCUT2D eigenvalue weighted by molar-refractivity contribution is 6.37. The first-order valence-corrected chi connectivity index (χ1v) is 17.3. The number of rotatable bonds is 4. The Morgan fingerprint density at radius 1 is 0.240 bits per heavy atom. The van der Waals surface area contributed by atoms with E-state index in [1.54, 1.807) is 0 Å². The lowest BCUT2D eigenvalue weighted by molar-refractivity contribution is 1.18.